The Kier molecular flexibility index (Phi) is 4.13. The molecule has 0 aromatic heterocycles. The van der Waals surface area contributed by atoms with Gasteiger partial charge in [-0.2, -0.15) is 0 Å². The second kappa shape index (κ2) is 5.37. The predicted molar refractivity (Wildman–Crippen MR) is 57.5 cm³/mol. The molecule has 0 bridgehead atoms. The summed E-state index contributed by atoms with van der Waals surface area (Å²) in [6.45, 7) is -0.402. The fourth-order valence-corrected chi connectivity index (χ4v) is 1.12. The lowest BCUT2D eigenvalue weighted by atomic mass is 10.2. The molecule has 0 unspecified atom stereocenters. The zero-order valence-corrected chi connectivity index (χ0v) is 9.25. The summed E-state index contributed by atoms with van der Waals surface area (Å²) in [4.78, 5) is 22.2. The van der Waals surface area contributed by atoms with Crippen LogP contribution in [0.4, 0.5) is 0 Å². The van der Waals surface area contributed by atoms with E-state index in [9.17, 15) is 14.7 Å². The molecule has 0 aliphatic heterocycles. The van der Waals surface area contributed by atoms with E-state index in [0.717, 1.165) is 0 Å². The Labute approximate surface area is 97.0 Å². The fourth-order valence-electron chi connectivity index (χ4n) is 0.953. The van der Waals surface area contributed by atoms with Gasteiger partial charge in [0.15, 0.2) is 6.61 Å². The summed E-state index contributed by atoms with van der Waals surface area (Å²) in [6, 6.07) is 3.98. The molecule has 1 aromatic carbocycles. The number of halogens is 1. The number of ether oxygens (including phenoxy) is 1. The number of hydrogen-bond acceptors (Lipinski definition) is 4. The molecule has 0 fully saturated rings. The summed E-state index contributed by atoms with van der Waals surface area (Å²) in [5.74, 6) is -1.48. The molecule has 16 heavy (non-hydrogen) atoms. The van der Waals surface area contributed by atoms with Crippen LogP contribution in [0.25, 0.3) is 0 Å². The Bertz CT molecular complexity index is 419. The summed E-state index contributed by atoms with van der Waals surface area (Å²) in [6.07, 6.45) is 0. The van der Waals surface area contributed by atoms with Gasteiger partial charge >= 0.3 is 5.97 Å². The molecule has 1 rings (SSSR count). The highest BCUT2D eigenvalue weighted by Gasteiger charge is 2.14. The van der Waals surface area contributed by atoms with E-state index in [-0.39, 0.29) is 11.3 Å². The van der Waals surface area contributed by atoms with Crippen LogP contribution in [0.1, 0.15) is 10.4 Å². The number of benzene rings is 1. The highest BCUT2D eigenvalue weighted by molar-refractivity contribution is 6.31. The molecule has 1 amide bonds. The van der Waals surface area contributed by atoms with Gasteiger partial charge in [0, 0.05) is 12.1 Å². The van der Waals surface area contributed by atoms with Crippen LogP contribution in [-0.4, -0.2) is 30.6 Å². The van der Waals surface area contributed by atoms with Gasteiger partial charge in [-0.15, -0.1) is 0 Å². The van der Waals surface area contributed by atoms with Gasteiger partial charge in [-0.3, -0.25) is 4.79 Å². The molecule has 6 heteroatoms. The van der Waals surface area contributed by atoms with Crippen molar-refractivity contribution in [2.45, 2.75) is 0 Å². The minimum Gasteiger partial charge on any atom is -0.507 e. The molecular formula is C10H10ClNO4. The first-order chi connectivity index (χ1) is 7.54. The molecule has 2 N–H and O–H groups in total. The van der Waals surface area contributed by atoms with Crippen molar-refractivity contribution in [1.29, 1.82) is 0 Å². The van der Waals surface area contributed by atoms with Crippen molar-refractivity contribution in [3.8, 4) is 5.75 Å². The molecule has 5 nitrogen and oxygen atoms in total. The number of hydrogen-bond donors (Lipinski definition) is 2. The molecule has 0 heterocycles. The number of phenolic OH excluding ortho intramolecular Hbond substituents is 1. The van der Waals surface area contributed by atoms with Gasteiger partial charge in [0.2, 0.25) is 0 Å². The van der Waals surface area contributed by atoms with E-state index >= 15 is 0 Å². The molecule has 0 atom stereocenters. The number of carbonyl (C=O) groups is 2. The molecule has 86 valence electrons. The number of carbonyl (C=O) groups excluding carboxylic acids is 2. The average molecular weight is 244 g/mol. The second-order valence-electron chi connectivity index (χ2n) is 2.91. The molecular weight excluding hydrogens is 234 g/mol. The summed E-state index contributed by atoms with van der Waals surface area (Å²) >= 11 is 5.65. The SMILES string of the molecule is CNC(=O)COC(=O)c1cc(Cl)ccc1O. The minimum absolute atomic E-state index is 0.0728. The Balaban J connectivity index is 2.73. The molecule has 0 radical (unpaired) electrons. The lowest BCUT2D eigenvalue weighted by Crippen LogP contribution is -2.25. The van der Waals surface area contributed by atoms with Crippen LogP contribution in [-0.2, 0) is 9.53 Å². The second-order valence-corrected chi connectivity index (χ2v) is 3.35. The summed E-state index contributed by atoms with van der Waals surface area (Å²) in [5.41, 5.74) is -0.0728. The highest BCUT2D eigenvalue weighted by Crippen LogP contribution is 2.21. The third kappa shape index (κ3) is 3.13. The molecule has 1 aromatic rings. The van der Waals surface area contributed by atoms with Gasteiger partial charge in [-0.05, 0) is 18.2 Å². The van der Waals surface area contributed by atoms with E-state index in [1.54, 1.807) is 0 Å². The van der Waals surface area contributed by atoms with E-state index in [1.807, 2.05) is 0 Å². The van der Waals surface area contributed by atoms with Crippen molar-refractivity contribution < 1.29 is 19.4 Å². The van der Waals surface area contributed by atoms with Crippen LogP contribution in [0.5, 0.6) is 5.75 Å². The first-order valence-corrected chi connectivity index (χ1v) is 4.78. The number of esters is 1. The minimum atomic E-state index is -0.802. The van der Waals surface area contributed by atoms with Crippen molar-refractivity contribution in [3.05, 3.63) is 28.8 Å². The van der Waals surface area contributed by atoms with E-state index in [1.165, 1.54) is 25.2 Å². The number of amides is 1. The Morgan fingerprint density at radius 2 is 2.19 bits per heavy atom. The zero-order chi connectivity index (χ0) is 12.1. The number of likely N-dealkylation sites (N-methyl/N-ethyl adjacent to an activating group) is 1. The van der Waals surface area contributed by atoms with E-state index in [4.69, 9.17) is 11.6 Å². The number of phenols is 1. The molecule has 0 aliphatic rings. The zero-order valence-electron chi connectivity index (χ0n) is 8.49. The summed E-state index contributed by atoms with van der Waals surface area (Å²) in [5, 5.41) is 12.0. The maximum absolute atomic E-state index is 11.4. The third-order valence-electron chi connectivity index (χ3n) is 1.79. The van der Waals surface area contributed by atoms with Gasteiger partial charge in [0.05, 0.1) is 0 Å². The maximum atomic E-state index is 11.4. The van der Waals surface area contributed by atoms with Crippen molar-refractivity contribution >= 4 is 23.5 Å². The number of nitrogens with one attached hydrogen (secondary N) is 1. The maximum Gasteiger partial charge on any atom is 0.342 e. The van der Waals surface area contributed by atoms with Crippen LogP contribution in [0.2, 0.25) is 5.02 Å². The van der Waals surface area contributed by atoms with Crippen molar-refractivity contribution in [2.75, 3.05) is 13.7 Å². The lowest BCUT2D eigenvalue weighted by Gasteiger charge is -2.05. The first-order valence-electron chi connectivity index (χ1n) is 4.41. The first kappa shape index (κ1) is 12.3. The Hall–Kier alpha value is -1.75. The largest absolute Gasteiger partial charge is 0.507 e. The molecule has 0 aliphatic carbocycles. The van der Waals surface area contributed by atoms with E-state index in [2.05, 4.69) is 10.1 Å². The topological polar surface area (TPSA) is 75.6 Å². The van der Waals surface area contributed by atoms with Gasteiger partial charge in [-0.1, -0.05) is 11.6 Å². The van der Waals surface area contributed by atoms with Crippen LogP contribution in [0.15, 0.2) is 18.2 Å². The van der Waals surface area contributed by atoms with Gasteiger partial charge < -0.3 is 15.2 Å². The molecule has 0 saturated heterocycles. The van der Waals surface area contributed by atoms with Crippen molar-refractivity contribution in [3.63, 3.8) is 0 Å². The van der Waals surface area contributed by atoms with E-state index < -0.39 is 18.5 Å². The fraction of sp³-hybridized carbons (Fsp3) is 0.200. The van der Waals surface area contributed by atoms with Gasteiger partial charge in [0.1, 0.15) is 11.3 Å². The normalized spacial score (nSPS) is 9.62. The van der Waals surface area contributed by atoms with Gasteiger partial charge in [-0.25, -0.2) is 4.79 Å². The lowest BCUT2D eigenvalue weighted by molar-refractivity contribution is -0.123. The van der Waals surface area contributed by atoms with Crippen molar-refractivity contribution in [1.82, 2.24) is 5.32 Å². The quantitative estimate of drug-likeness (QED) is 0.775. The highest BCUT2D eigenvalue weighted by atomic mass is 35.5. The standard InChI is InChI=1S/C10H10ClNO4/c1-12-9(14)5-16-10(15)7-4-6(11)2-3-8(7)13/h2-4,13H,5H2,1H3,(H,12,14). The van der Waals surface area contributed by atoms with Crippen LogP contribution in [0, 0.1) is 0 Å². The number of rotatable bonds is 3. The van der Waals surface area contributed by atoms with Crippen LogP contribution >= 0.6 is 11.6 Å². The van der Waals surface area contributed by atoms with Crippen LogP contribution in [0.3, 0.4) is 0 Å². The van der Waals surface area contributed by atoms with Crippen LogP contribution < -0.4 is 5.32 Å². The number of aromatic hydroxyl groups is 1. The Morgan fingerprint density at radius 3 is 2.81 bits per heavy atom. The van der Waals surface area contributed by atoms with Crippen molar-refractivity contribution in [2.24, 2.45) is 0 Å². The summed E-state index contributed by atoms with van der Waals surface area (Å²) in [7, 11) is 1.42. The Morgan fingerprint density at radius 1 is 1.50 bits per heavy atom. The molecule has 0 spiro atoms. The molecule has 0 saturated carbocycles. The predicted octanol–water partition coefficient (Wildman–Crippen LogP) is 0.948. The average Bonchev–Trinajstić information content (AvgIpc) is 2.28. The summed E-state index contributed by atoms with van der Waals surface area (Å²) < 4.78 is 4.65. The smallest absolute Gasteiger partial charge is 0.342 e. The monoisotopic (exact) mass is 243 g/mol. The third-order valence-corrected chi connectivity index (χ3v) is 2.03. The van der Waals surface area contributed by atoms with Gasteiger partial charge in [0.25, 0.3) is 5.91 Å². The van der Waals surface area contributed by atoms with E-state index in [0.29, 0.717) is 5.02 Å².